The van der Waals surface area contributed by atoms with Crippen LogP contribution in [0.4, 0.5) is 13.2 Å². The second-order valence-electron chi connectivity index (χ2n) is 6.90. The van der Waals surface area contributed by atoms with Crippen LogP contribution in [-0.4, -0.2) is 12.1 Å². The molecule has 0 unspecified atom stereocenters. The molecule has 0 aliphatic carbocycles. The van der Waals surface area contributed by atoms with Gasteiger partial charge in [0.2, 0.25) is 5.91 Å². The highest BCUT2D eigenvalue weighted by Crippen LogP contribution is 2.30. The van der Waals surface area contributed by atoms with Crippen molar-refractivity contribution in [3.8, 4) is 0 Å². The summed E-state index contributed by atoms with van der Waals surface area (Å²) in [6.07, 6.45) is -3.06. The van der Waals surface area contributed by atoms with Crippen molar-refractivity contribution in [2.75, 3.05) is 0 Å². The topological polar surface area (TPSA) is 41.5 Å². The van der Waals surface area contributed by atoms with Gasteiger partial charge in [-0.3, -0.25) is 4.79 Å². The number of hydrazone groups is 1. The highest BCUT2D eigenvalue weighted by Gasteiger charge is 2.30. The molecule has 150 valence electrons. The molecule has 0 saturated heterocycles. The van der Waals surface area contributed by atoms with Crippen LogP contribution >= 0.6 is 0 Å². The fraction of sp³-hybridized carbons (Fsp3) is 0.0833. The predicted octanol–water partition coefficient (Wildman–Crippen LogP) is 5.70. The minimum absolute atomic E-state index is 0.197. The molecule has 0 aliphatic rings. The van der Waals surface area contributed by atoms with Gasteiger partial charge in [0.15, 0.2) is 0 Å². The minimum Gasteiger partial charge on any atom is -0.273 e. The molecule has 0 fully saturated rings. The van der Waals surface area contributed by atoms with E-state index in [1.165, 1.54) is 12.1 Å². The van der Waals surface area contributed by atoms with Crippen LogP contribution in [0.15, 0.2) is 84.0 Å². The Morgan fingerprint density at radius 1 is 0.867 bits per heavy atom. The summed E-state index contributed by atoms with van der Waals surface area (Å²) in [7, 11) is 0. The minimum atomic E-state index is -4.44. The second-order valence-corrected chi connectivity index (χ2v) is 6.90. The zero-order valence-corrected chi connectivity index (χ0v) is 15.8. The molecule has 0 aliphatic heterocycles. The Hall–Kier alpha value is -3.67. The van der Waals surface area contributed by atoms with E-state index in [1.807, 2.05) is 48.5 Å². The number of rotatable bonds is 4. The number of hydrogen-bond donors (Lipinski definition) is 1. The van der Waals surface area contributed by atoms with E-state index in [-0.39, 0.29) is 12.0 Å². The van der Waals surface area contributed by atoms with Crippen molar-refractivity contribution in [2.24, 2.45) is 5.10 Å². The van der Waals surface area contributed by atoms with Crippen LogP contribution < -0.4 is 5.43 Å². The number of carbonyl (C=O) groups excluding carboxylic acids is 1. The molecule has 0 bridgehead atoms. The highest BCUT2D eigenvalue weighted by molar-refractivity contribution is 6.13. The number of halogens is 3. The fourth-order valence-corrected chi connectivity index (χ4v) is 3.44. The number of nitrogens with zero attached hydrogens (tertiary/aromatic N) is 1. The summed E-state index contributed by atoms with van der Waals surface area (Å²) in [5.74, 6) is -0.491. The first kappa shape index (κ1) is 19.6. The normalized spacial score (nSPS) is 12.0. The molecule has 4 aromatic carbocycles. The summed E-state index contributed by atoms with van der Waals surface area (Å²) < 4.78 is 38.5. The molecule has 0 spiro atoms. The molecule has 4 rings (SSSR count). The van der Waals surface area contributed by atoms with Crippen LogP contribution in [0.5, 0.6) is 0 Å². The molecule has 0 aromatic heterocycles. The Morgan fingerprint density at radius 3 is 2.13 bits per heavy atom. The lowest BCUT2D eigenvalue weighted by molar-refractivity contribution is -0.137. The van der Waals surface area contributed by atoms with Crippen LogP contribution in [0.3, 0.4) is 0 Å². The molecule has 4 aromatic rings. The zero-order valence-electron chi connectivity index (χ0n) is 15.8. The molecular weight excluding hydrogens is 389 g/mol. The fourth-order valence-electron chi connectivity index (χ4n) is 3.44. The Bertz CT molecular complexity index is 1210. The lowest BCUT2D eigenvalue weighted by atomic mass is 9.97. The molecule has 1 N–H and O–H groups in total. The molecule has 0 atom stereocenters. The Kier molecular flexibility index (Phi) is 5.23. The van der Waals surface area contributed by atoms with Crippen molar-refractivity contribution < 1.29 is 18.0 Å². The van der Waals surface area contributed by atoms with Crippen LogP contribution in [0.25, 0.3) is 21.5 Å². The molecular formula is C24H17F3N2O. The number of alkyl halides is 3. The Morgan fingerprint density at radius 2 is 1.50 bits per heavy atom. The molecule has 3 nitrogen and oxygen atoms in total. The van der Waals surface area contributed by atoms with Gasteiger partial charge in [0.05, 0.1) is 18.2 Å². The van der Waals surface area contributed by atoms with E-state index in [0.29, 0.717) is 0 Å². The molecule has 0 radical (unpaired) electrons. The standard InChI is InChI=1S/C24H17F3N2O/c25-24(26,27)19-9-5-6-16(12-19)13-23(30)29-28-15-22-20-10-3-1-7-17(20)14-18-8-2-4-11-21(18)22/h1-12,14-15H,13H2,(H,29,30). The first-order chi connectivity index (χ1) is 14.4. The van der Waals surface area contributed by atoms with E-state index in [9.17, 15) is 18.0 Å². The third kappa shape index (κ3) is 4.17. The maximum absolute atomic E-state index is 12.8. The number of hydrogen-bond acceptors (Lipinski definition) is 2. The van der Waals surface area contributed by atoms with Crippen LogP contribution in [-0.2, 0) is 17.4 Å². The first-order valence-corrected chi connectivity index (χ1v) is 9.30. The average Bonchev–Trinajstić information content (AvgIpc) is 2.73. The number of benzene rings is 4. The number of carbonyl (C=O) groups is 1. The maximum Gasteiger partial charge on any atom is 0.416 e. The molecule has 0 saturated carbocycles. The highest BCUT2D eigenvalue weighted by atomic mass is 19.4. The van der Waals surface area contributed by atoms with Gasteiger partial charge in [-0.05, 0) is 39.2 Å². The van der Waals surface area contributed by atoms with E-state index in [0.717, 1.165) is 39.2 Å². The summed E-state index contributed by atoms with van der Waals surface area (Å²) in [5.41, 5.74) is 2.77. The van der Waals surface area contributed by atoms with E-state index in [4.69, 9.17) is 0 Å². The lowest BCUT2D eigenvalue weighted by Crippen LogP contribution is -2.20. The summed E-state index contributed by atoms with van der Waals surface area (Å²) >= 11 is 0. The van der Waals surface area contributed by atoms with E-state index in [1.54, 1.807) is 6.21 Å². The van der Waals surface area contributed by atoms with Gasteiger partial charge < -0.3 is 0 Å². The Balaban J connectivity index is 1.56. The third-order valence-corrected chi connectivity index (χ3v) is 4.81. The van der Waals surface area contributed by atoms with Gasteiger partial charge in [0, 0.05) is 5.56 Å². The largest absolute Gasteiger partial charge is 0.416 e. The van der Waals surface area contributed by atoms with Gasteiger partial charge >= 0.3 is 6.18 Å². The Labute approximate surface area is 170 Å². The molecule has 6 heteroatoms. The van der Waals surface area contributed by atoms with Crippen molar-refractivity contribution in [1.82, 2.24) is 5.43 Å². The lowest BCUT2D eigenvalue weighted by Gasteiger charge is -2.09. The van der Waals surface area contributed by atoms with Gasteiger partial charge in [0.1, 0.15) is 0 Å². The summed E-state index contributed by atoms with van der Waals surface area (Å²) in [4.78, 5) is 12.2. The summed E-state index contributed by atoms with van der Waals surface area (Å²) in [5, 5.41) is 8.15. The number of nitrogens with one attached hydrogen (secondary N) is 1. The van der Waals surface area contributed by atoms with Gasteiger partial charge in [0.25, 0.3) is 0 Å². The quantitative estimate of drug-likeness (QED) is 0.263. The van der Waals surface area contributed by atoms with E-state index >= 15 is 0 Å². The van der Waals surface area contributed by atoms with Gasteiger partial charge in [-0.2, -0.15) is 18.3 Å². The zero-order chi connectivity index (χ0) is 21.1. The monoisotopic (exact) mass is 406 g/mol. The van der Waals surface area contributed by atoms with Crippen molar-refractivity contribution >= 4 is 33.7 Å². The first-order valence-electron chi connectivity index (χ1n) is 9.30. The SMILES string of the molecule is O=C(Cc1cccc(C(F)(F)F)c1)NN=Cc1c2ccccc2cc2ccccc12. The number of fused-ring (bicyclic) bond motifs is 2. The van der Waals surface area contributed by atoms with E-state index in [2.05, 4.69) is 16.6 Å². The maximum atomic E-state index is 12.8. The molecule has 0 heterocycles. The second kappa shape index (κ2) is 7.99. The van der Waals surface area contributed by atoms with Crippen molar-refractivity contribution in [1.29, 1.82) is 0 Å². The molecule has 30 heavy (non-hydrogen) atoms. The van der Waals surface area contributed by atoms with Crippen LogP contribution in [0.1, 0.15) is 16.7 Å². The summed E-state index contributed by atoms with van der Waals surface area (Å²) in [6.45, 7) is 0. The van der Waals surface area contributed by atoms with Crippen molar-refractivity contribution in [2.45, 2.75) is 12.6 Å². The predicted molar refractivity (Wildman–Crippen MR) is 112 cm³/mol. The smallest absolute Gasteiger partial charge is 0.273 e. The van der Waals surface area contributed by atoms with Gasteiger partial charge in [-0.1, -0.05) is 66.7 Å². The van der Waals surface area contributed by atoms with Crippen LogP contribution in [0.2, 0.25) is 0 Å². The van der Waals surface area contributed by atoms with Crippen molar-refractivity contribution in [3.05, 3.63) is 95.6 Å². The average molecular weight is 406 g/mol. The van der Waals surface area contributed by atoms with Crippen LogP contribution in [0, 0.1) is 0 Å². The summed E-state index contributed by atoms with van der Waals surface area (Å²) in [6, 6.07) is 22.6. The van der Waals surface area contributed by atoms with Crippen molar-refractivity contribution in [3.63, 3.8) is 0 Å². The van der Waals surface area contributed by atoms with Gasteiger partial charge in [-0.25, -0.2) is 5.43 Å². The third-order valence-electron chi connectivity index (χ3n) is 4.81. The van der Waals surface area contributed by atoms with E-state index < -0.39 is 17.6 Å². The number of amides is 1. The molecule has 1 amide bonds. The van der Waals surface area contributed by atoms with Gasteiger partial charge in [-0.15, -0.1) is 0 Å².